The summed E-state index contributed by atoms with van der Waals surface area (Å²) in [6.45, 7) is 2.12. The summed E-state index contributed by atoms with van der Waals surface area (Å²) in [6, 6.07) is 0. The molecule has 1 saturated heterocycles. The first-order valence-corrected chi connectivity index (χ1v) is 8.37. The standard InChI is InChI=1S/C16H26N2O2.ClH/c19-14-8-17-6-13(14)7-18-16(20)15-11-2-9-1-10(4-11)5-12(15)3-9;/h9-15,17,19H,1-8H2,(H,18,20);1H. The van der Waals surface area contributed by atoms with E-state index in [-0.39, 0.29) is 36.3 Å². The number of nitrogens with one attached hydrogen (secondary N) is 2. The fourth-order valence-corrected chi connectivity index (χ4v) is 5.63. The van der Waals surface area contributed by atoms with Gasteiger partial charge < -0.3 is 15.7 Å². The molecule has 5 fully saturated rings. The van der Waals surface area contributed by atoms with Crippen LogP contribution in [-0.4, -0.2) is 36.8 Å². The molecule has 1 aliphatic heterocycles. The minimum atomic E-state index is -0.297. The monoisotopic (exact) mass is 314 g/mol. The van der Waals surface area contributed by atoms with Crippen molar-refractivity contribution in [3.63, 3.8) is 0 Å². The predicted octanol–water partition coefficient (Wildman–Crippen LogP) is 1.18. The van der Waals surface area contributed by atoms with Crippen LogP contribution in [0.2, 0.25) is 0 Å². The third-order valence-electron chi connectivity index (χ3n) is 6.37. The van der Waals surface area contributed by atoms with Gasteiger partial charge in [-0.05, 0) is 55.8 Å². The van der Waals surface area contributed by atoms with Gasteiger partial charge in [-0.15, -0.1) is 12.4 Å². The van der Waals surface area contributed by atoms with Crippen LogP contribution in [0.15, 0.2) is 0 Å². The van der Waals surface area contributed by atoms with Crippen molar-refractivity contribution < 1.29 is 9.90 Å². The molecule has 4 saturated carbocycles. The first-order valence-electron chi connectivity index (χ1n) is 8.37. The summed E-state index contributed by atoms with van der Waals surface area (Å²) in [7, 11) is 0. The molecule has 5 aliphatic rings. The van der Waals surface area contributed by atoms with Gasteiger partial charge in [0.2, 0.25) is 5.91 Å². The predicted molar refractivity (Wildman–Crippen MR) is 83.2 cm³/mol. The number of carbonyl (C=O) groups is 1. The molecule has 3 N–H and O–H groups in total. The highest BCUT2D eigenvalue weighted by Gasteiger charge is 2.50. The Bertz CT molecular complexity index is 376. The highest BCUT2D eigenvalue weighted by Crippen LogP contribution is 2.56. The Labute approximate surface area is 132 Å². The number of aliphatic hydroxyl groups is 1. The molecular weight excluding hydrogens is 288 g/mol. The lowest BCUT2D eigenvalue weighted by Crippen LogP contribution is -2.51. The minimum Gasteiger partial charge on any atom is -0.391 e. The summed E-state index contributed by atoms with van der Waals surface area (Å²) < 4.78 is 0. The Balaban J connectivity index is 0.00000132. The minimum absolute atomic E-state index is 0. The Morgan fingerprint density at radius 2 is 1.67 bits per heavy atom. The van der Waals surface area contributed by atoms with Gasteiger partial charge in [0.05, 0.1) is 6.10 Å². The summed E-state index contributed by atoms with van der Waals surface area (Å²) in [6.07, 6.45) is 6.30. The molecule has 0 aromatic carbocycles. The van der Waals surface area contributed by atoms with Gasteiger partial charge in [0.1, 0.15) is 0 Å². The van der Waals surface area contributed by atoms with Crippen molar-refractivity contribution in [3.05, 3.63) is 0 Å². The van der Waals surface area contributed by atoms with Crippen LogP contribution in [0.25, 0.3) is 0 Å². The van der Waals surface area contributed by atoms with Gasteiger partial charge in [-0.1, -0.05) is 0 Å². The maximum absolute atomic E-state index is 12.6. The maximum atomic E-state index is 12.6. The van der Waals surface area contributed by atoms with Gasteiger partial charge in [0, 0.05) is 31.5 Å². The SMILES string of the molecule is Cl.O=C(NCC1CNCC1O)C1C2CC3CC(C2)CC1C3. The van der Waals surface area contributed by atoms with E-state index in [1.165, 1.54) is 32.1 Å². The molecule has 21 heavy (non-hydrogen) atoms. The van der Waals surface area contributed by atoms with Crippen molar-refractivity contribution in [1.29, 1.82) is 0 Å². The molecule has 0 radical (unpaired) electrons. The van der Waals surface area contributed by atoms with Crippen molar-refractivity contribution in [2.75, 3.05) is 19.6 Å². The molecule has 1 heterocycles. The fraction of sp³-hybridized carbons (Fsp3) is 0.938. The number of rotatable bonds is 3. The van der Waals surface area contributed by atoms with Crippen LogP contribution >= 0.6 is 12.4 Å². The van der Waals surface area contributed by atoms with Crippen molar-refractivity contribution in [3.8, 4) is 0 Å². The van der Waals surface area contributed by atoms with E-state index in [2.05, 4.69) is 10.6 Å². The van der Waals surface area contributed by atoms with Crippen molar-refractivity contribution in [2.45, 2.75) is 38.2 Å². The largest absolute Gasteiger partial charge is 0.391 e. The van der Waals surface area contributed by atoms with Crippen molar-refractivity contribution >= 4 is 18.3 Å². The molecule has 5 rings (SSSR count). The van der Waals surface area contributed by atoms with E-state index in [4.69, 9.17) is 0 Å². The van der Waals surface area contributed by atoms with Crippen LogP contribution in [0.1, 0.15) is 32.1 Å². The number of halogens is 1. The molecule has 2 atom stereocenters. The van der Waals surface area contributed by atoms with Crippen LogP contribution in [0.4, 0.5) is 0 Å². The second-order valence-electron chi connectivity index (χ2n) is 7.69. The Hall–Kier alpha value is -0.320. The summed E-state index contributed by atoms with van der Waals surface area (Å²) >= 11 is 0. The van der Waals surface area contributed by atoms with Crippen LogP contribution < -0.4 is 10.6 Å². The van der Waals surface area contributed by atoms with E-state index in [9.17, 15) is 9.90 Å². The van der Waals surface area contributed by atoms with Gasteiger partial charge in [-0.2, -0.15) is 0 Å². The summed E-state index contributed by atoms with van der Waals surface area (Å²) in [5, 5.41) is 16.1. The normalized spacial score (nSPS) is 47.2. The first kappa shape index (κ1) is 15.6. The zero-order valence-electron chi connectivity index (χ0n) is 12.5. The topological polar surface area (TPSA) is 61.4 Å². The Morgan fingerprint density at radius 3 is 2.19 bits per heavy atom. The van der Waals surface area contributed by atoms with Crippen molar-refractivity contribution in [1.82, 2.24) is 10.6 Å². The molecule has 4 nitrogen and oxygen atoms in total. The molecule has 0 aromatic heterocycles. The van der Waals surface area contributed by atoms with E-state index in [1.807, 2.05) is 0 Å². The summed E-state index contributed by atoms with van der Waals surface area (Å²) in [5.41, 5.74) is 0. The molecule has 5 heteroatoms. The Morgan fingerprint density at radius 1 is 1.05 bits per heavy atom. The number of β-amino-alcohol motifs (C(OH)–C–C–N with tert-alkyl or cyclic N) is 1. The molecule has 4 bridgehead atoms. The quantitative estimate of drug-likeness (QED) is 0.733. The van der Waals surface area contributed by atoms with E-state index >= 15 is 0 Å². The summed E-state index contributed by atoms with van der Waals surface area (Å²) in [4.78, 5) is 12.6. The number of hydrogen-bond acceptors (Lipinski definition) is 3. The lowest BCUT2D eigenvalue weighted by molar-refractivity contribution is -0.138. The zero-order chi connectivity index (χ0) is 13.7. The maximum Gasteiger partial charge on any atom is 0.223 e. The van der Waals surface area contributed by atoms with E-state index in [1.54, 1.807) is 0 Å². The van der Waals surface area contributed by atoms with Crippen molar-refractivity contribution in [2.24, 2.45) is 35.5 Å². The first-order chi connectivity index (χ1) is 9.70. The third kappa shape index (κ3) is 2.82. The second-order valence-corrected chi connectivity index (χ2v) is 7.69. The van der Waals surface area contributed by atoms with Crippen LogP contribution in [0, 0.1) is 35.5 Å². The van der Waals surface area contributed by atoms with Crippen LogP contribution in [-0.2, 0) is 4.79 Å². The molecule has 2 unspecified atom stereocenters. The average Bonchev–Trinajstić information content (AvgIpc) is 2.80. The second kappa shape index (κ2) is 6.05. The molecule has 120 valence electrons. The highest BCUT2D eigenvalue weighted by molar-refractivity contribution is 5.85. The number of amides is 1. The number of aliphatic hydroxyl groups excluding tert-OH is 1. The van der Waals surface area contributed by atoms with Crippen LogP contribution in [0.3, 0.4) is 0 Å². The zero-order valence-corrected chi connectivity index (χ0v) is 13.3. The lowest BCUT2D eigenvalue weighted by atomic mass is 9.51. The number of hydrogen-bond donors (Lipinski definition) is 3. The van der Waals surface area contributed by atoms with Gasteiger partial charge in [-0.25, -0.2) is 0 Å². The highest BCUT2D eigenvalue weighted by atomic mass is 35.5. The Kier molecular flexibility index (Phi) is 4.49. The fourth-order valence-electron chi connectivity index (χ4n) is 5.63. The average molecular weight is 315 g/mol. The van der Waals surface area contributed by atoms with E-state index < -0.39 is 0 Å². The van der Waals surface area contributed by atoms with Gasteiger partial charge in [0.25, 0.3) is 0 Å². The molecular formula is C16H27ClN2O2. The van der Waals surface area contributed by atoms with Gasteiger partial charge >= 0.3 is 0 Å². The van der Waals surface area contributed by atoms with E-state index in [0.717, 1.165) is 18.4 Å². The van der Waals surface area contributed by atoms with Gasteiger partial charge in [0.15, 0.2) is 0 Å². The number of carbonyl (C=O) groups excluding carboxylic acids is 1. The summed E-state index contributed by atoms with van der Waals surface area (Å²) in [5.74, 6) is 3.88. The van der Waals surface area contributed by atoms with E-state index in [0.29, 0.717) is 24.9 Å². The molecule has 1 amide bonds. The smallest absolute Gasteiger partial charge is 0.223 e. The third-order valence-corrected chi connectivity index (χ3v) is 6.37. The molecule has 0 spiro atoms. The van der Waals surface area contributed by atoms with Gasteiger partial charge in [-0.3, -0.25) is 4.79 Å². The lowest BCUT2D eigenvalue weighted by Gasteiger charge is -2.53. The van der Waals surface area contributed by atoms with Crippen LogP contribution in [0.5, 0.6) is 0 Å². The molecule has 4 aliphatic carbocycles. The molecule has 0 aromatic rings.